The van der Waals surface area contributed by atoms with Crippen LogP contribution >= 0.6 is 0 Å². The molecule has 1 unspecified atom stereocenters. The van der Waals surface area contributed by atoms with E-state index in [0.29, 0.717) is 0 Å². The van der Waals surface area contributed by atoms with Crippen molar-refractivity contribution in [2.75, 3.05) is 33.3 Å². The van der Waals surface area contributed by atoms with Crippen molar-refractivity contribution >= 4 is 0 Å². The largest absolute Gasteiger partial charge is 0.494 e. The number of allylic oxidation sites excluding steroid dienone is 4. The molecule has 1 aromatic carbocycles. The molecule has 0 spiro atoms. The minimum absolute atomic E-state index is 0.726. The monoisotopic (exact) mass is 480 g/mol. The number of aryl methyl sites for hydroxylation is 1. The van der Waals surface area contributed by atoms with Crippen molar-refractivity contribution in [2.45, 2.75) is 91.4 Å². The van der Waals surface area contributed by atoms with Crippen LogP contribution in [0.2, 0.25) is 0 Å². The summed E-state index contributed by atoms with van der Waals surface area (Å²) in [6.07, 6.45) is 20.5. The summed E-state index contributed by atoms with van der Waals surface area (Å²) in [6.45, 7) is 14.8. The summed E-state index contributed by atoms with van der Waals surface area (Å²) in [5.41, 5.74) is 5.48. The molecule has 1 aliphatic heterocycles. The van der Waals surface area contributed by atoms with Crippen molar-refractivity contribution in [3.63, 3.8) is 0 Å². The van der Waals surface area contributed by atoms with Crippen LogP contribution in [0, 0.1) is 5.92 Å². The van der Waals surface area contributed by atoms with Crippen molar-refractivity contribution in [3.05, 3.63) is 65.4 Å². The summed E-state index contributed by atoms with van der Waals surface area (Å²) in [5.74, 6) is 1.90. The van der Waals surface area contributed by atoms with Crippen LogP contribution in [0.15, 0.2) is 54.3 Å². The van der Waals surface area contributed by atoms with Crippen molar-refractivity contribution in [3.8, 4) is 5.75 Å². The number of benzene rings is 1. The predicted molar refractivity (Wildman–Crippen MR) is 153 cm³/mol. The van der Waals surface area contributed by atoms with Crippen LogP contribution in [0.25, 0.3) is 0 Å². The highest BCUT2D eigenvalue weighted by molar-refractivity contribution is 5.37. The number of hydrogen-bond donors (Lipinski definition) is 1. The second-order valence-electron chi connectivity index (χ2n) is 10.1. The van der Waals surface area contributed by atoms with E-state index in [1.165, 1.54) is 81.3 Å². The number of unbranched alkanes of at least 4 members (excludes halogenated alkanes) is 4. The Bertz CT molecular complexity index is 795. The van der Waals surface area contributed by atoms with Gasteiger partial charge in [-0.3, -0.25) is 0 Å². The molecule has 1 saturated heterocycles. The summed E-state index contributed by atoms with van der Waals surface area (Å²) >= 11 is 0. The van der Waals surface area contributed by atoms with E-state index in [2.05, 4.69) is 74.1 Å². The number of ether oxygens (including phenoxy) is 1. The van der Waals surface area contributed by atoms with Crippen LogP contribution in [0.5, 0.6) is 5.75 Å². The van der Waals surface area contributed by atoms with E-state index in [9.17, 15) is 0 Å². The summed E-state index contributed by atoms with van der Waals surface area (Å²) in [7, 11) is 2.22. The number of nitrogens with one attached hydrogen (secondary N) is 1. The maximum absolute atomic E-state index is 5.74. The summed E-state index contributed by atoms with van der Waals surface area (Å²) in [5, 5.41) is 3.47. The fraction of sp³-hybridized carbons (Fsp3) is 0.625. The van der Waals surface area contributed by atoms with Gasteiger partial charge in [0.15, 0.2) is 0 Å². The molecular weight excluding hydrogens is 428 g/mol. The molecule has 3 nitrogen and oxygen atoms in total. The normalized spacial score (nSPS) is 17.5. The van der Waals surface area contributed by atoms with E-state index in [-0.39, 0.29) is 0 Å². The van der Waals surface area contributed by atoms with Crippen molar-refractivity contribution in [1.82, 2.24) is 10.2 Å². The average Bonchev–Trinajstić information content (AvgIpc) is 3.31. The Labute approximate surface area is 216 Å². The zero-order chi connectivity index (χ0) is 25.3. The zero-order valence-electron chi connectivity index (χ0n) is 23.2. The Balaban J connectivity index is 0.000000298. The third-order valence-electron chi connectivity index (χ3n) is 7.14. The van der Waals surface area contributed by atoms with Crippen LogP contribution in [0.4, 0.5) is 0 Å². The van der Waals surface area contributed by atoms with E-state index >= 15 is 0 Å². The van der Waals surface area contributed by atoms with Crippen molar-refractivity contribution in [1.29, 1.82) is 0 Å². The molecule has 1 fully saturated rings. The minimum atomic E-state index is 0.726. The summed E-state index contributed by atoms with van der Waals surface area (Å²) < 4.78 is 5.74. The van der Waals surface area contributed by atoms with Gasteiger partial charge in [-0.2, -0.15) is 0 Å². The molecule has 0 saturated carbocycles. The van der Waals surface area contributed by atoms with Gasteiger partial charge in [-0.25, -0.2) is 0 Å². The van der Waals surface area contributed by atoms with Gasteiger partial charge in [-0.15, -0.1) is 0 Å². The molecule has 3 heteroatoms. The Morgan fingerprint density at radius 1 is 1.14 bits per heavy atom. The number of rotatable bonds is 14. The molecule has 1 heterocycles. The molecule has 0 radical (unpaired) electrons. The lowest BCUT2D eigenvalue weighted by molar-refractivity contribution is 0.336. The lowest BCUT2D eigenvalue weighted by atomic mass is 9.91. The lowest BCUT2D eigenvalue weighted by Crippen LogP contribution is -2.16. The highest BCUT2D eigenvalue weighted by Crippen LogP contribution is 2.28. The Kier molecular flexibility index (Phi) is 14.6. The smallest absolute Gasteiger partial charge is 0.122 e. The van der Waals surface area contributed by atoms with Gasteiger partial charge in [-0.05, 0) is 88.6 Å². The quantitative estimate of drug-likeness (QED) is 0.274. The SMILES string of the molecule is C=C(CCCCCCC)NCCc1ccc(CC)c(OCC)c1.CN1CCC(C2=CC=CCC2)C1. The second kappa shape index (κ2) is 17.4. The van der Waals surface area contributed by atoms with E-state index in [1.807, 2.05) is 6.92 Å². The third kappa shape index (κ3) is 11.5. The number of likely N-dealkylation sites (tertiary alicyclic amines) is 1. The molecule has 35 heavy (non-hydrogen) atoms. The van der Waals surface area contributed by atoms with Crippen LogP contribution in [-0.2, 0) is 12.8 Å². The molecule has 0 amide bonds. The molecule has 0 bridgehead atoms. The van der Waals surface area contributed by atoms with E-state index in [0.717, 1.165) is 44.1 Å². The molecule has 1 aliphatic carbocycles. The maximum Gasteiger partial charge on any atom is 0.122 e. The predicted octanol–water partition coefficient (Wildman–Crippen LogP) is 7.87. The van der Waals surface area contributed by atoms with E-state index < -0.39 is 0 Å². The van der Waals surface area contributed by atoms with Crippen LogP contribution in [0.3, 0.4) is 0 Å². The van der Waals surface area contributed by atoms with Gasteiger partial charge in [0, 0.05) is 18.8 Å². The molecule has 1 N–H and O–H groups in total. The Hall–Kier alpha value is -2.00. The molecule has 3 rings (SSSR count). The maximum atomic E-state index is 5.74. The first-order valence-corrected chi connectivity index (χ1v) is 14.3. The molecule has 1 aromatic rings. The average molecular weight is 481 g/mol. The van der Waals surface area contributed by atoms with Gasteiger partial charge < -0.3 is 15.0 Å². The summed E-state index contributed by atoms with van der Waals surface area (Å²) in [6, 6.07) is 6.61. The first kappa shape index (κ1) is 29.2. The van der Waals surface area contributed by atoms with E-state index in [1.54, 1.807) is 5.57 Å². The Morgan fingerprint density at radius 2 is 1.97 bits per heavy atom. The molecular formula is C32H52N2O. The highest BCUT2D eigenvalue weighted by atomic mass is 16.5. The third-order valence-corrected chi connectivity index (χ3v) is 7.14. The van der Waals surface area contributed by atoms with Crippen LogP contribution in [-0.4, -0.2) is 38.2 Å². The molecule has 0 aromatic heterocycles. The van der Waals surface area contributed by atoms with Gasteiger partial charge >= 0.3 is 0 Å². The van der Waals surface area contributed by atoms with Gasteiger partial charge in [0.2, 0.25) is 0 Å². The van der Waals surface area contributed by atoms with Crippen LogP contribution < -0.4 is 10.1 Å². The fourth-order valence-electron chi connectivity index (χ4n) is 4.95. The van der Waals surface area contributed by atoms with E-state index in [4.69, 9.17) is 4.74 Å². The molecule has 196 valence electrons. The van der Waals surface area contributed by atoms with Crippen molar-refractivity contribution < 1.29 is 4.74 Å². The van der Waals surface area contributed by atoms with Gasteiger partial charge in [0.05, 0.1) is 6.61 Å². The first-order valence-electron chi connectivity index (χ1n) is 14.3. The fourth-order valence-corrected chi connectivity index (χ4v) is 4.95. The van der Waals surface area contributed by atoms with Gasteiger partial charge in [0.25, 0.3) is 0 Å². The summed E-state index contributed by atoms with van der Waals surface area (Å²) in [4.78, 5) is 2.43. The van der Waals surface area contributed by atoms with Crippen LogP contribution in [0.1, 0.15) is 89.7 Å². The standard InChI is InChI=1S/C21H35NO.C11H17N/c1-5-8-9-10-11-12-18(4)22-16-15-19-13-14-20(6-2)21(17-19)23-7-3;1-12-8-7-11(9-12)10-5-3-2-4-6-10/h13-14,17,22H,4-12,15-16H2,1-3H3;2-3,5,11H,4,6-9H2,1H3. The zero-order valence-corrected chi connectivity index (χ0v) is 23.2. The first-order chi connectivity index (χ1) is 17.1. The second-order valence-corrected chi connectivity index (χ2v) is 10.1. The van der Waals surface area contributed by atoms with Gasteiger partial charge in [0.1, 0.15) is 5.75 Å². The minimum Gasteiger partial charge on any atom is -0.494 e. The Morgan fingerprint density at radius 3 is 2.63 bits per heavy atom. The topological polar surface area (TPSA) is 24.5 Å². The van der Waals surface area contributed by atoms with Crippen molar-refractivity contribution in [2.24, 2.45) is 5.92 Å². The number of nitrogens with zero attached hydrogens (tertiary/aromatic N) is 1. The molecule has 2 aliphatic rings. The highest BCUT2D eigenvalue weighted by Gasteiger charge is 2.22. The lowest BCUT2D eigenvalue weighted by Gasteiger charge is -2.16. The van der Waals surface area contributed by atoms with Gasteiger partial charge in [-0.1, -0.05) is 82.0 Å². The number of hydrogen-bond acceptors (Lipinski definition) is 3. The molecule has 1 atom stereocenters.